The summed E-state index contributed by atoms with van der Waals surface area (Å²) in [6.45, 7) is 4.12. The largest absolute Gasteiger partial charge is 0.340 e. The maximum Gasteiger partial charge on any atom is 0.233 e. The number of piperazine rings is 1. The van der Waals surface area contributed by atoms with Crippen molar-refractivity contribution in [2.24, 2.45) is 11.8 Å². The molecule has 4 rings (SSSR count). The summed E-state index contributed by atoms with van der Waals surface area (Å²) < 4.78 is 0.801. The fourth-order valence-corrected chi connectivity index (χ4v) is 5.76. The zero-order valence-electron chi connectivity index (χ0n) is 15.9. The Kier molecular flexibility index (Phi) is 6.04. The highest BCUT2D eigenvalue weighted by molar-refractivity contribution is 7.16. The van der Waals surface area contributed by atoms with E-state index in [0.29, 0.717) is 13.1 Å². The van der Waals surface area contributed by atoms with Crippen molar-refractivity contribution in [2.75, 3.05) is 32.7 Å². The Labute approximate surface area is 174 Å². The van der Waals surface area contributed by atoms with E-state index >= 15 is 0 Å². The quantitative estimate of drug-likeness (QED) is 0.683. The van der Waals surface area contributed by atoms with Crippen LogP contribution in [-0.2, 0) is 20.9 Å². The van der Waals surface area contributed by atoms with Crippen LogP contribution in [0.3, 0.4) is 0 Å². The first kappa shape index (κ1) is 19.9. The van der Waals surface area contributed by atoms with Gasteiger partial charge in [-0.2, -0.15) is 0 Å². The Balaban J connectivity index is 1.24. The summed E-state index contributed by atoms with van der Waals surface area (Å²) in [7, 11) is 0. The topological polar surface area (TPSA) is 60.9 Å². The van der Waals surface area contributed by atoms with E-state index in [4.69, 9.17) is 11.6 Å². The third-order valence-corrected chi connectivity index (χ3v) is 7.43. The summed E-state index contributed by atoms with van der Waals surface area (Å²) in [6, 6.07) is 3.96. The van der Waals surface area contributed by atoms with E-state index in [0.717, 1.165) is 49.7 Å². The van der Waals surface area contributed by atoms with Gasteiger partial charge < -0.3 is 4.90 Å². The standard InChI is InChI=1S/C20H26ClN3O3S/c21-17-6-5-14(28-17)13-22-9-11-23(12-10-22)18(25)7-8-24-19(26)15-3-1-2-4-16(15)20(24)27/h5-6,15-16H,1-4,7-13H2/t15-,16-/m0/s1. The maximum absolute atomic E-state index is 12.6. The average Bonchev–Trinajstić information content (AvgIpc) is 3.22. The van der Waals surface area contributed by atoms with Gasteiger partial charge in [0.1, 0.15) is 0 Å². The van der Waals surface area contributed by atoms with Gasteiger partial charge in [-0.05, 0) is 25.0 Å². The number of imide groups is 1. The highest BCUT2D eigenvalue weighted by Gasteiger charge is 2.47. The van der Waals surface area contributed by atoms with E-state index in [1.807, 2.05) is 17.0 Å². The summed E-state index contributed by atoms with van der Waals surface area (Å²) in [5, 5.41) is 0. The van der Waals surface area contributed by atoms with Crippen molar-refractivity contribution in [1.82, 2.24) is 14.7 Å². The van der Waals surface area contributed by atoms with E-state index in [-0.39, 0.29) is 42.5 Å². The number of carbonyl (C=O) groups is 3. The Bertz CT molecular complexity index is 736. The van der Waals surface area contributed by atoms with Crippen LogP contribution in [0.2, 0.25) is 4.34 Å². The molecule has 2 saturated heterocycles. The molecule has 28 heavy (non-hydrogen) atoms. The lowest BCUT2D eigenvalue weighted by Gasteiger charge is -2.34. The molecule has 1 saturated carbocycles. The second-order valence-corrected chi connectivity index (χ2v) is 9.74. The first-order valence-corrected chi connectivity index (χ1v) is 11.3. The fourth-order valence-electron chi connectivity index (χ4n) is 4.63. The van der Waals surface area contributed by atoms with E-state index in [1.54, 1.807) is 11.3 Å². The Morgan fingerprint density at radius 2 is 1.68 bits per heavy atom. The molecule has 0 spiro atoms. The molecule has 1 aromatic heterocycles. The number of thiophene rings is 1. The lowest BCUT2D eigenvalue weighted by molar-refractivity contribution is -0.141. The minimum Gasteiger partial charge on any atom is -0.340 e. The second-order valence-electron chi connectivity index (χ2n) is 7.94. The van der Waals surface area contributed by atoms with Crippen LogP contribution in [0.4, 0.5) is 0 Å². The molecule has 1 aliphatic carbocycles. The van der Waals surface area contributed by atoms with E-state index in [9.17, 15) is 14.4 Å². The van der Waals surface area contributed by atoms with Gasteiger partial charge in [-0.1, -0.05) is 24.4 Å². The SMILES string of the molecule is O=C(CCN1C(=O)[C@H]2CCCC[C@@H]2C1=O)N1CCN(Cc2ccc(Cl)s2)CC1. The molecule has 0 N–H and O–H groups in total. The lowest BCUT2D eigenvalue weighted by atomic mass is 9.81. The smallest absolute Gasteiger partial charge is 0.233 e. The van der Waals surface area contributed by atoms with E-state index < -0.39 is 0 Å². The van der Waals surface area contributed by atoms with Gasteiger partial charge in [0.05, 0.1) is 16.2 Å². The lowest BCUT2D eigenvalue weighted by Crippen LogP contribution is -2.49. The van der Waals surface area contributed by atoms with Gasteiger partial charge >= 0.3 is 0 Å². The molecule has 2 atom stereocenters. The van der Waals surface area contributed by atoms with Crippen LogP contribution in [-0.4, -0.2) is 65.1 Å². The third kappa shape index (κ3) is 4.11. The number of likely N-dealkylation sites (tertiary alicyclic amines) is 1. The number of carbonyl (C=O) groups excluding carboxylic acids is 3. The Hall–Kier alpha value is -1.44. The number of nitrogens with zero attached hydrogens (tertiary/aromatic N) is 3. The zero-order chi connectivity index (χ0) is 19.7. The molecular weight excluding hydrogens is 398 g/mol. The summed E-state index contributed by atoms with van der Waals surface area (Å²) >= 11 is 7.58. The molecule has 152 valence electrons. The Morgan fingerprint density at radius 3 is 2.25 bits per heavy atom. The molecule has 3 heterocycles. The van der Waals surface area contributed by atoms with Crippen molar-refractivity contribution < 1.29 is 14.4 Å². The molecule has 0 radical (unpaired) electrons. The minimum atomic E-state index is -0.134. The van der Waals surface area contributed by atoms with Crippen molar-refractivity contribution in [3.05, 3.63) is 21.3 Å². The number of hydrogen-bond acceptors (Lipinski definition) is 5. The normalized spacial score (nSPS) is 26.0. The van der Waals surface area contributed by atoms with Gasteiger partial charge in [0, 0.05) is 50.6 Å². The summed E-state index contributed by atoms with van der Waals surface area (Å²) in [6.07, 6.45) is 3.91. The molecule has 2 aliphatic heterocycles. The van der Waals surface area contributed by atoms with Crippen LogP contribution in [0.5, 0.6) is 0 Å². The van der Waals surface area contributed by atoms with E-state index in [1.165, 1.54) is 9.78 Å². The van der Waals surface area contributed by atoms with Gasteiger partial charge in [0.25, 0.3) is 0 Å². The molecule has 8 heteroatoms. The highest BCUT2D eigenvalue weighted by atomic mass is 35.5. The first-order valence-electron chi connectivity index (χ1n) is 10.1. The second kappa shape index (κ2) is 8.51. The van der Waals surface area contributed by atoms with Crippen LogP contribution in [0.1, 0.15) is 37.0 Å². The molecule has 6 nitrogen and oxygen atoms in total. The predicted octanol–water partition coefficient (Wildman–Crippen LogP) is 2.61. The maximum atomic E-state index is 12.6. The number of fused-ring (bicyclic) bond motifs is 1. The van der Waals surface area contributed by atoms with E-state index in [2.05, 4.69) is 4.90 Å². The molecule has 0 bridgehead atoms. The Morgan fingerprint density at radius 1 is 1.04 bits per heavy atom. The van der Waals surface area contributed by atoms with Gasteiger partial charge in [0.15, 0.2) is 0 Å². The molecular formula is C20H26ClN3O3S. The van der Waals surface area contributed by atoms with Crippen molar-refractivity contribution in [3.63, 3.8) is 0 Å². The van der Waals surface area contributed by atoms with Crippen LogP contribution < -0.4 is 0 Å². The zero-order valence-corrected chi connectivity index (χ0v) is 17.5. The minimum absolute atomic E-state index is 0.0364. The van der Waals surface area contributed by atoms with Crippen LogP contribution >= 0.6 is 22.9 Å². The number of halogens is 1. The number of hydrogen-bond donors (Lipinski definition) is 0. The molecule has 0 unspecified atom stereocenters. The summed E-state index contributed by atoms with van der Waals surface area (Å²) in [4.78, 5) is 44.4. The van der Waals surface area contributed by atoms with Gasteiger partial charge in [-0.3, -0.25) is 24.2 Å². The molecule has 0 aromatic carbocycles. The van der Waals surface area contributed by atoms with Gasteiger partial charge in [0.2, 0.25) is 17.7 Å². The van der Waals surface area contributed by atoms with Gasteiger partial charge in [-0.25, -0.2) is 0 Å². The highest BCUT2D eigenvalue weighted by Crippen LogP contribution is 2.38. The average molecular weight is 424 g/mol. The van der Waals surface area contributed by atoms with Crippen molar-refractivity contribution in [1.29, 1.82) is 0 Å². The van der Waals surface area contributed by atoms with Crippen LogP contribution in [0.15, 0.2) is 12.1 Å². The van der Waals surface area contributed by atoms with Crippen LogP contribution in [0.25, 0.3) is 0 Å². The molecule has 3 fully saturated rings. The third-order valence-electron chi connectivity index (χ3n) is 6.21. The molecule has 3 aliphatic rings. The fraction of sp³-hybridized carbons (Fsp3) is 0.650. The predicted molar refractivity (Wildman–Crippen MR) is 108 cm³/mol. The molecule has 3 amide bonds. The van der Waals surface area contributed by atoms with Crippen molar-refractivity contribution >= 4 is 40.7 Å². The van der Waals surface area contributed by atoms with Gasteiger partial charge in [-0.15, -0.1) is 11.3 Å². The summed E-state index contributed by atoms with van der Waals surface area (Å²) in [5.41, 5.74) is 0. The monoisotopic (exact) mass is 423 g/mol. The first-order chi connectivity index (χ1) is 13.5. The number of rotatable bonds is 5. The summed E-state index contributed by atoms with van der Waals surface area (Å²) in [5.74, 6) is -0.338. The van der Waals surface area contributed by atoms with Crippen molar-refractivity contribution in [3.8, 4) is 0 Å². The number of amides is 3. The molecule has 1 aromatic rings. The van der Waals surface area contributed by atoms with Crippen LogP contribution in [0, 0.1) is 11.8 Å². The van der Waals surface area contributed by atoms with Crippen molar-refractivity contribution in [2.45, 2.75) is 38.6 Å².